The normalized spacial score (nSPS) is 13.0. The number of aliphatic carboxylic acids is 1. The average molecular weight is 477 g/mol. The van der Waals surface area contributed by atoms with Crippen molar-refractivity contribution in [1.29, 1.82) is 0 Å². The Balaban J connectivity index is 1.38. The van der Waals surface area contributed by atoms with Crippen molar-refractivity contribution in [2.75, 3.05) is 6.61 Å². The second-order valence-corrected chi connectivity index (χ2v) is 8.46. The third kappa shape index (κ3) is 5.03. The van der Waals surface area contributed by atoms with Crippen LogP contribution < -0.4 is 10.6 Å². The van der Waals surface area contributed by atoms with Gasteiger partial charge in [-0.05, 0) is 28.7 Å². The number of carbonyl (C=O) groups is 3. The maximum absolute atomic E-state index is 12.7. The predicted molar refractivity (Wildman–Crippen MR) is 129 cm³/mol. The zero-order chi connectivity index (χ0) is 24.9. The van der Waals surface area contributed by atoms with Gasteiger partial charge >= 0.3 is 12.1 Å². The van der Waals surface area contributed by atoms with Gasteiger partial charge in [0.05, 0.1) is 24.0 Å². The number of fused-ring (bicyclic) bond motifs is 3. The number of carbonyl (C=O) groups excluding carboxylic acids is 2. The monoisotopic (exact) mass is 476 g/mol. The molecule has 35 heavy (non-hydrogen) atoms. The Hall–Kier alpha value is -4.14. The van der Waals surface area contributed by atoms with E-state index in [1.54, 1.807) is 7.05 Å². The lowest BCUT2D eigenvalue weighted by Gasteiger charge is -2.15. The zero-order valence-corrected chi connectivity index (χ0v) is 19.7. The quantitative estimate of drug-likeness (QED) is 0.435. The van der Waals surface area contributed by atoms with Crippen molar-refractivity contribution in [1.82, 2.24) is 20.4 Å². The molecule has 1 atom stereocenters. The highest BCUT2D eigenvalue weighted by atomic mass is 16.5. The number of aryl methyl sites for hydroxylation is 1. The molecular formula is C26H28N4O5. The van der Waals surface area contributed by atoms with Crippen LogP contribution in [0.4, 0.5) is 4.79 Å². The lowest BCUT2D eigenvalue weighted by atomic mass is 9.98. The molecule has 0 bridgehead atoms. The van der Waals surface area contributed by atoms with Crippen molar-refractivity contribution in [3.8, 4) is 11.1 Å². The fourth-order valence-corrected chi connectivity index (χ4v) is 4.45. The van der Waals surface area contributed by atoms with Crippen LogP contribution in [0, 0.1) is 0 Å². The van der Waals surface area contributed by atoms with Gasteiger partial charge in [-0.1, -0.05) is 61.9 Å². The van der Waals surface area contributed by atoms with E-state index in [0.717, 1.165) is 22.3 Å². The second-order valence-electron chi connectivity index (χ2n) is 8.46. The number of nitrogens with one attached hydrogen (secondary N) is 2. The van der Waals surface area contributed by atoms with Crippen LogP contribution in [0.15, 0.2) is 54.7 Å². The zero-order valence-electron chi connectivity index (χ0n) is 19.7. The van der Waals surface area contributed by atoms with Gasteiger partial charge in [0.1, 0.15) is 12.6 Å². The highest BCUT2D eigenvalue weighted by molar-refractivity contribution is 5.97. The van der Waals surface area contributed by atoms with Gasteiger partial charge in [-0.25, -0.2) is 9.59 Å². The average Bonchev–Trinajstić information content (AvgIpc) is 3.38. The van der Waals surface area contributed by atoms with Crippen molar-refractivity contribution < 1.29 is 24.2 Å². The number of ether oxygens (including phenoxy) is 1. The van der Waals surface area contributed by atoms with Crippen LogP contribution >= 0.6 is 0 Å². The van der Waals surface area contributed by atoms with Gasteiger partial charge in [-0.15, -0.1) is 0 Å². The Morgan fingerprint density at radius 3 is 2.31 bits per heavy atom. The number of hydrogen-bond acceptors (Lipinski definition) is 5. The van der Waals surface area contributed by atoms with E-state index >= 15 is 0 Å². The number of carboxylic acid groups (broad SMARTS) is 1. The van der Waals surface area contributed by atoms with Crippen molar-refractivity contribution in [3.63, 3.8) is 0 Å². The number of alkyl carbamates (subject to hydrolysis) is 1. The molecule has 1 aliphatic carbocycles. The number of carboxylic acids is 1. The Morgan fingerprint density at radius 1 is 1.09 bits per heavy atom. The molecule has 3 aromatic rings. The van der Waals surface area contributed by atoms with E-state index in [4.69, 9.17) is 4.74 Å². The van der Waals surface area contributed by atoms with Crippen LogP contribution in [0.2, 0.25) is 0 Å². The molecule has 2 aromatic carbocycles. The summed E-state index contributed by atoms with van der Waals surface area (Å²) in [4.78, 5) is 36.6. The van der Waals surface area contributed by atoms with Gasteiger partial charge in [0.15, 0.2) is 0 Å². The van der Waals surface area contributed by atoms with Crippen LogP contribution in [-0.4, -0.2) is 45.5 Å². The van der Waals surface area contributed by atoms with Gasteiger partial charge in [0.2, 0.25) is 0 Å². The fraction of sp³-hybridized carbons (Fsp3) is 0.308. The van der Waals surface area contributed by atoms with Crippen LogP contribution in [-0.2, 0) is 23.1 Å². The van der Waals surface area contributed by atoms with Gasteiger partial charge < -0.3 is 20.5 Å². The van der Waals surface area contributed by atoms with Crippen LogP contribution in [0.5, 0.6) is 0 Å². The highest BCUT2D eigenvalue weighted by Crippen LogP contribution is 2.44. The topological polar surface area (TPSA) is 123 Å². The summed E-state index contributed by atoms with van der Waals surface area (Å²) in [6.07, 6.45) is 1.66. The molecule has 2 amide bonds. The van der Waals surface area contributed by atoms with Crippen molar-refractivity contribution in [2.45, 2.75) is 38.3 Å². The summed E-state index contributed by atoms with van der Waals surface area (Å²) in [7, 11) is 1.65. The summed E-state index contributed by atoms with van der Waals surface area (Å²) in [6, 6.07) is 15.2. The molecule has 0 radical (unpaired) electrons. The summed E-state index contributed by atoms with van der Waals surface area (Å²) in [6.45, 7) is 2.02. The van der Waals surface area contributed by atoms with Gasteiger partial charge in [-0.2, -0.15) is 5.10 Å². The fourth-order valence-electron chi connectivity index (χ4n) is 4.45. The lowest BCUT2D eigenvalue weighted by molar-refractivity contribution is -0.139. The number of amides is 2. The van der Waals surface area contributed by atoms with E-state index in [0.29, 0.717) is 18.5 Å². The minimum Gasteiger partial charge on any atom is -0.480 e. The molecule has 4 rings (SSSR count). The van der Waals surface area contributed by atoms with Crippen LogP contribution in [0.1, 0.15) is 52.9 Å². The van der Waals surface area contributed by atoms with Crippen molar-refractivity contribution in [3.05, 3.63) is 77.1 Å². The maximum Gasteiger partial charge on any atom is 0.407 e. The molecule has 0 fully saturated rings. The number of rotatable bonds is 9. The number of aromatic nitrogens is 2. The first-order valence-corrected chi connectivity index (χ1v) is 11.5. The summed E-state index contributed by atoms with van der Waals surface area (Å²) in [5.41, 5.74) is 5.17. The van der Waals surface area contributed by atoms with E-state index < -0.39 is 24.0 Å². The molecule has 0 saturated carbocycles. The predicted octanol–water partition coefficient (Wildman–Crippen LogP) is 3.44. The Bertz CT molecular complexity index is 1210. The smallest absolute Gasteiger partial charge is 0.407 e. The third-order valence-corrected chi connectivity index (χ3v) is 6.23. The van der Waals surface area contributed by atoms with E-state index in [9.17, 15) is 19.5 Å². The van der Waals surface area contributed by atoms with Crippen molar-refractivity contribution in [2.24, 2.45) is 7.05 Å². The first kappa shape index (κ1) is 24.0. The van der Waals surface area contributed by atoms with Gasteiger partial charge in [0, 0.05) is 13.0 Å². The molecule has 0 saturated heterocycles. The molecule has 1 heterocycles. The second kappa shape index (κ2) is 10.4. The molecule has 9 nitrogen and oxygen atoms in total. The molecule has 3 N–H and O–H groups in total. The Kier molecular flexibility index (Phi) is 7.14. The Labute approximate surface area is 203 Å². The van der Waals surface area contributed by atoms with Crippen LogP contribution in [0.3, 0.4) is 0 Å². The third-order valence-electron chi connectivity index (χ3n) is 6.23. The van der Waals surface area contributed by atoms with Gasteiger partial charge in [-0.3, -0.25) is 9.48 Å². The summed E-state index contributed by atoms with van der Waals surface area (Å²) in [5.74, 6) is -1.71. The summed E-state index contributed by atoms with van der Waals surface area (Å²) in [5, 5.41) is 18.6. The first-order chi connectivity index (χ1) is 16.9. The number of nitrogens with zero attached hydrogens (tertiary/aromatic N) is 2. The number of benzene rings is 2. The number of hydrogen-bond donors (Lipinski definition) is 3. The lowest BCUT2D eigenvalue weighted by Crippen LogP contribution is -2.41. The summed E-state index contributed by atoms with van der Waals surface area (Å²) >= 11 is 0. The SMILES string of the molecule is CCC[C@H](NC(=O)c1cnn(C)c1CNC(=O)OCC1c2ccccc2-c2ccccc21)C(=O)O. The van der Waals surface area contributed by atoms with E-state index in [2.05, 4.69) is 27.9 Å². The van der Waals surface area contributed by atoms with Crippen molar-refractivity contribution >= 4 is 18.0 Å². The molecule has 9 heteroatoms. The molecule has 0 spiro atoms. The molecule has 0 unspecified atom stereocenters. The standard InChI is InChI=1S/C26H28N4O5/c1-3-8-22(25(32)33)29-24(31)20-13-28-30(2)23(20)14-27-26(34)35-15-21-18-11-6-4-9-16(18)17-10-5-7-12-19(17)21/h4-7,9-13,21-22H,3,8,14-15H2,1-2H3,(H,27,34)(H,29,31)(H,32,33)/t22-/m0/s1. The minimum atomic E-state index is -1.09. The maximum atomic E-state index is 12.7. The first-order valence-electron chi connectivity index (χ1n) is 11.5. The van der Waals surface area contributed by atoms with Gasteiger partial charge in [0.25, 0.3) is 5.91 Å². The van der Waals surface area contributed by atoms with Crippen LogP contribution in [0.25, 0.3) is 11.1 Å². The largest absolute Gasteiger partial charge is 0.480 e. The molecule has 1 aromatic heterocycles. The molecule has 1 aliphatic rings. The molecular weight excluding hydrogens is 448 g/mol. The summed E-state index contributed by atoms with van der Waals surface area (Å²) < 4.78 is 7.01. The Morgan fingerprint density at radius 2 is 1.71 bits per heavy atom. The highest BCUT2D eigenvalue weighted by Gasteiger charge is 2.29. The molecule has 182 valence electrons. The van der Waals surface area contributed by atoms with E-state index in [-0.39, 0.29) is 24.6 Å². The van der Waals surface area contributed by atoms with E-state index in [1.807, 2.05) is 43.3 Å². The molecule has 0 aliphatic heterocycles. The van der Waals surface area contributed by atoms with E-state index in [1.165, 1.54) is 10.9 Å². The minimum absolute atomic E-state index is 0.00143.